The number of ether oxygens (including phenoxy) is 1. The van der Waals surface area contributed by atoms with Crippen molar-refractivity contribution in [2.75, 3.05) is 46.4 Å². The van der Waals surface area contributed by atoms with Gasteiger partial charge in [0.2, 0.25) is 0 Å². The van der Waals surface area contributed by atoms with Crippen molar-refractivity contribution < 1.29 is 14.6 Å². The van der Waals surface area contributed by atoms with Gasteiger partial charge in [0.15, 0.2) is 0 Å². The van der Waals surface area contributed by atoms with Crippen LogP contribution < -0.4 is 4.74 Å². The summed E-state index contributed by atoms with van der Waals surface area (Å²) in [6, 6.07) is 13.6. The number of aromatic nitrogens is 4. The molecule has 1 saturated carbocycles. The first-order valence-corrected chi connectivity index (χ1v) is 13.1. The number of piperazine rings is 1. The first-order chi connectivity index (χ1) is 18.5. The first-order valence-electron chi connectivity index (χ1n) is 13.1. The molecule has 1 aliphatic carbocycles. The number of aliphatic hydroxyl groups is 1. The normalized spacial score (nSPS) is 17.1. The number of carbonyl (C=O) groups is 1. The maximum Gasteiger partial charge on any atom is 0.270 e. The number of benzene rings is 1. The summed E-state index contributed by atoms with van der Waals surface area (Å²) in [5, 5.41) is 10.5. The molecule has 0 radical (unpaired) electrons. The average Bonchev–Trinajstić information content (AvgIpc) is 3.62. The molecule has 1 aromatic carbocycles. The lowest BCUT2D eigenvalue weighted by Crippen LogP contribution is -2.47. The van der Waals surface area contributed by atoms with Crippen molar-refractivity contribution in [3.8, 4) is 17.1 Å². The van der Waals surface area contributed by atoms with Crippen LogP contribution in [0.15, 0.2) is 54.9 Å². The number of nitrogens with zero attached hydrogens (tertiary/aromatic N) is 5. The summed E-state index contributed by atoms with van der Waals surface area (Å²) >= 11 is 0. The molecule has 3 aromatic heterocycles. The third kappa shape index (κ3) is 5.25. The molecule has 0 bridgehead atoms. The molecule has 1 amide bonds. The molecule has 0 spiro atoms. The topological polar surface area (TPSA) is 107 Å². The average molecular weight is 513 g/mol. The van der Waals surface area contributed by atoms with Gasteiger partial charge in [0.1, 0.15) is 17.3 Å². The van der Waals surface area contributed by atoms with E-state index in [1.54, 1.807) is 12.4 Å². The van der Waals surface area contributed by atoms with Crippen LogP contribution in [0.4, 0.5) is 0 Å². The molecule has 2 fully saturated rings. The Bertz CT molecular complexity index is 1460. The van der Waals surface area contributed by atoms with Crippen molar-refractivity contribution in [2.24, 2.45) is 5.41 Å². The quantitative estimate of drug-likeness (QED) is 0.373. The molecule has 9 nitrogen and oxygen atoms in total. The predicted octanol–water partition coefficient (Wildman–Crippen LogP) is 3.15. The van der Waals surface area contributed by atoms with Crippen LogP contribution in [-0.2, 0) is 6.42 Å². The smallest absolute Gasteiger partial charge is 0.270 e. The number of aromatic amines is 1. The molecule has 38 heavy (non-hydrogen) atoms. The van der Waals surface area contributed by atoms with Crippen LogP contribution in [0.5, 0.6) is 5.75 Å². The van der Waals surface area contributed by atoms with Gasteiger partial charge in [0, 0.05) is 67.4 Å². The van der Waals surface area contributed by atoms with E-state index in [4.69, 9.17) is 9.72 Å². The summed E-state index contributed by atoms with van der Waals surface area (Å²) < 4.78 is 5.94. The van der Waals surface area contributed by atoms with E-state index in [1.807, 2.05) is 41.3 Å². The fourth-order valence-electron chi connectivity index (χ4n) is 4.80. The Labute approximate surface area is 221 Å². The van der Waals surface area contributed by atoms with E-state index in [2.05, 4.69) is 33.0 Å². The molecule has 0 atom stereocenters. The second kappa shape index (κ2) is 10.2. The van der Waals surface area contributed by atoms with Gasteiger partial charge in [0.05, 0.1) is 24.6 Å². The molecule has 2 N–H and O–H groups in total. The van der Waals surface area contributed by atoms with Crippen molar-refractivity contribution in [3.05, 3.63) is 71.9 Å². The summed E-state index contributed by atoms with van der Waals surface area (Å²) in [5.41, 5.74) is 4.00. The number of amides is 1. The predicted molar refractivity (Wildman–Crippen MR) is 144 cm³/mol. The molecule has 6 rings (SSSR count). The minimum atomic E-state index is -0.0787. The van der Waals surface area contributed by atoms with Gasteiger partial charge >= 0.3 is 0 Å². The Morgan fingerprint density at radius 2 is 1.84 bits per heavy atom. The maximum absolute atomic E-state index is 13.0. The SMILES string of the molecule is CN1CCN(C(=O)c2cc3cc(Cc4nccc(-c5cc(OCC6(CO)CC6)ccn5)n4)ccc3[nH]2)CC1. The number of likely N-dealkylation sites (N-methyl/N-ethyl adjacent to an activating group) is 1. The van der Waals surface area contributed by atoms with Crippen molar-refractivity contribution in [1.82, 2.24) is 29.7 Å². The lowest BCUT2D eigenvalue weighted by Gasteiger charge is -2.32. The van der Waals surface area contributed by atoms with Crippen molar-refractivity contribution in [2.45, 2.75) is 19.3 Å². The first kappa shape index (κ1) is 24.5. The van der Waals surface area contributed by atoms with Crippen LogP contribution in [0, 0.1) is 5.41 Å². The number of nitrogens with one attached hydrogen (secondary N) is 1. The molecule has 1 saturated heterocycles. The third-order valence-electron chi connectivity index (χ3n) is 7.61. The number of carbonyl (C=O) groups excluding carboxylic acids is 1. The summed E-state index contributed by atoms with van der Waals surface area (Å²) in [6.45, 7) is 3.95. The molecule has 4 heterocycles. The zero-order valence-electron chi connectivity index (χ0n) is 21.6. The number of rotatable bonds is 8. The highest BCUT2D eigenvalue weighted by molar-refractivity contribution is 5.98. The highest BCUT2D eigenvalue weighted by Gasteiger charge is 2.43. The number of fused-ring (bicyclic) bond motifs is 1. The second-order valence-corrected chi connectivity index (χ2v) is 10.6. The Morgan fingerprint density at radius 1 is 1.03 bits per heavy atom. The Morgan fingerprint density at radius 3 is 2.63 bits per heavy atom. The highest BCUT2D eigenvalue weighted by atomic mass is 16.5. The molecule has 0 unspecified atom stereocenters. The molecule has 9 heteroatoms. The van der Waals surface area contributed by atoms with Crippen LogP contribution in [0.3, 0.4) is 0 Å². The Balaban J connectivity index is 1.16. The number of hydrogen-bond acceptors (Lipinski definition) is 7. The van der Waals surface area contributed by atoms with Crippen LogP contribution >= 0.6 is 0 Å². The van der Waals surface area contributed by atoms with Gasteiger partial charge < -0.3 is 24.6 Å². The van der Waals surface area contributed by atoms with Crippen LogP contribution in [0.25, 0.3) is 22.3 Å². The van der Waals surface area contributed by atoms with Gasteiger partial charge in [0.25, 0.3) is 5.91 Å². The van der Waals surface area contributed by atoms with Gasteiger partial charge in [-0.25, -0.2) is 9.97 Å². The van der Waals surface area contributed by atoms with E-state index < -0.39 is 0 Å². The number of aliphatic hydroxyl groups excluding tert-OH is 1. The summed E-state index contributed by atoms with van der Waals surface area (Å²) in [7, 11) is 2.08. The highest BCUT2D eigenvalue weighted by Crippen LogP contribution is 2.45. The van der Waals surface area contributed by atoms with Gasteiger partial charge in [-0.2, -0.15) is 0 Å². The van der Waals surface area contributed by atoms with Crippen molar-refractivity contribution in [3.63, 3.8) is 0 Å². The minimum absolute atomic E-state index is 0.0502. The minimum Gasteiger partial charge on any atom is -0.493 e. The van der Waals surface area contributed by atoms with Crippen molar-refractivity contribution >= 4 is 16.8 Å². The number of hydrogen-bond donors (Lipinski definition) is 2. The lowest BCUT2D eigenvalue weighted by atomic mass is 10.1. The molecular formula is C29H32N6O3. The van der Waals surface area contributed by atoms with E-state index in [9.17, 15) is 9.90 Å². The summed E-state index contributed by atoms with van der Waals surface area (Å²) in [5.74, 6) is 1.46. The van der Waals surface area contributed by atoms with Gasteiger partial charge in [-0.1, -0.05) is 6.07 Å². The van der Waals surface area contributed by atoms with Gasteiger partial charge in [-0.05, 0) is 55.8 Å². The zero-order valence-corrected chi connectivity index (χ0v) is 21.6. The number of pyridine rings is 1. The van der Waals surface area contributed by atoms with E-state index in [-0.39, 0.29) is 17.9 Å². The van der Waals surface area contributed by atoms with Crippen LogP contribution in [-0.4, -0.2) is 87.2 Å². The summed E-state index contributed by atoms with van der Waals surface area (Å²) in [4.78, 5) is 34.1. The Kier molecular flexibility index (Phi) is 6.55. The van der Waals surface area contributed by atoms with Crippen molar-refractivity contribution in [1.29, 1.82) is 0 Å². The van der Waals surface area contributed by atoms with E-state index in [0.29, 0.717) is 30.2 Å². The monoisotopic (exact) mass is 512 g/mol. The fraction of sp³-hybridized carbons (Fsp3) is 0.379. The third-order valence-corrected chi connectivity index (χ3v) is 7.61. The summed E-state index contributed by atoms with van der Waals surface area (Å²) in [6.07, 6.45) is 6.02. The van der Waals surface area contributed by atoms with Gasteiger partial charge in [-0.15, -0.1) is 0 Å². The second-order valence-electron chi connectivity index (χ2n) is 10.6. The molecular weight excluding hydrogens is 480 g/mol. The van der Waals surface area contributed by atoms with Crippen LogP contribution in [0.1, 0.15) is 34.7 Å². The molecule has 4 aromatic rings. The fourth-order valence-corrected chi connectivity index (χ4v) is 4.80. The van der Waals surface area contributed by atoms with E-state index in [1.165, 1.54) is 0 Å². The molecule has 196 valence electrons. The largest absolute Gasteiger partial charge is 0.493 e. The standard InChI is InChI=1S/C29H32N6O3/c1-34-10-12-35(13-11-34)28(37)26-16-21-14-20(2-3-23(21)32-26)15-27-31-9-5-24(33-27)25-17-22(4-8-30-25)38-19-29(18-36)6-7-29/h2-5,8-9,14,16-17,32,36H,6-7,10-13,15,18-19H2,1H3. The van der Waals surface area contributed by atoms with Gasteiger partial charge in [-0.3, -0.25) is 9.78 Å². The van der Waals surface area contributed by atoms with E-state index in [0.717, 1.165) is 66.9 Å². The maximum atomic E-state index is 13.0. The molecule has 1 aliphatic heterocycles. The van der Waals surface area contributed by atoms with Crippen LogP contribution in [0.2, 0.25) is 0 Å². The Hall–Kier alpha value is -3.82. The zero-order chi connectivity index (χ0) is 26.1. The molecule has 2 aliphatic rings. The number of H-pyrrole nitrogens is 1. The van der Waals surface area contributed by atoms with E-state index >= 15 is 0 Å². The lowest BCUT2D eigenvalue weighted by molar-refractivity contribution is 0.0659.